The highest BCUT2D eigenvalue weighted by Crippen LogP contribution is 2.34. The Balaban J connectivity index is 1.60. The normalized spacial score (nSPS) is 18.5. The van der Waals surface area contributed by atoms with Gasteiger partial charge in [0.2, 0.25) is 0 Å². The van der Waals surface area contributed by atoms with E-state index in [9.17, 15) is 18.0 Å². The predicted octanol–water partition coefficient (Wildman–Crippen LogP) is 6.03. The van der Waals surface area contributed by atoms with E-state index in [0.29, 0.717) is 30.2 Å². The maximum atomic E-state index is 13.9. The molecule has 3 aromatic rings. The van der Waals surface area contributed by atoms with Crippen molar-refractivity contribution in [2.45, 2.75) is 52.8 Å². The predicted molar refractivity (Wildman–Crippen MR) is 127 cm³/mol. The van der Waals surface area contributed by atoms with Crippen LogP contribution in [0.1, 0.15) is 52.7 Å². The van der Waals surface area contributed by atoms with Crippen molar-refractivity contribution >= 4 is 11.7 Å². The molecule has 3 heterocycles. The van der Waals surface area contributed by atoms with Gasteiger partial charge >= 0.3 is 6.18 Å². The number of anilines is 1. The minimum Gasteiger partial charge on any atom is -0.368 e. The van der Waals surface area contributed by atoms with Crippen molar-refractivity contribution < 1.29 is 22.5 Å². The number of likely N-dealkylation sites (tertiary alicyclic amines) is 1. The van der Waals surface area contributed by atoms with Gasteiger partial charge in [0.05, 0.1) is 17.3 Å². The molecule has 0 bridgehead atoms. The summed E-state index contributed by atoms with van der Waals surface area (Å²) in [5, 5.41) is 7.19. The molecule has 0 spiro atoms. The van der Waals surface area contributed by atoms with Crippen molar-refractivity contribution in [2.24, 2.45) is 5.92 Å². The molecule has 0 radical (unpaired) electrons. The summed E-state index contributed by atoms with van der Waals surface area (Å²) in [6, 6.07) is 7.97. The summed E-state index contributed by atoms with van der Waals surface area (Å²) in [5.41, 5.74) is 3.09. The Morgan fingerprint density at radius 3 is 2.60 bits per heavy atom. The van der Waals surface area contributed by atoms with E-state index in [4.69, 9.17) is 4.52 Å². The molecule has 1 aromatic carbocycles. The summed E-state index contributed by atoms with van der Waals surface area (Å²) in [6.07, 6.45) is -1.77. The van der Waals surface area contributed by atoms with Crippen LogP contribution in [0.5, 0.6) is 0 Å². The van der Waals surface area contributed by atoms with Gasteiger partial charge in [-0.05, 0) is 63.3 Å². The number of aromatic nitrogens is 2. The largest absolute Gasteiger partial charge is 0.417 e. The fourth-order valence-electron chi connectivity index (χ4n) is 4.76. The first kappa shape index (κ1) is 24.8. The number of hydrogen-bond acceptors (Lipinski definition) is 5. The highest BCUT2D eigenvalue weighted by molar-refractivity contribution is 6.01. The Labute approximate surface area is 202 Å². The second-order valence-electron chi connectivity index (χ2n) is 9.24. The van der Waals surface area contributed by atoms with Crippen LogP contribution >= 0.6 is 0 Å². The lowest BCUT2D eigenvalue weighted by molar-refractivity contribution is -0.137. The number of carbonyl (C=O) groups excluding carboxylic acids is 1. The quantitative estimate of drug-likeness (QED) is 0.477. The molecular weight excluding hydrogens is 457 g/mol. The van der Waals surface area contributed by atoms with Gasteiger partial charge in [-0.25, -0.2) is 4.98 Å². The van der Waals surface area contributed by atoms with Crippen molar-refractivity contribution in [1.29, 1.82) is 0 Å². The molecule has 186 valence electrons. The number of aryl methyl sites for hydroxylation is 3. The summed E-state index contributed by atoms with van der Waals surface area (Å²) >= 11 is 0. The molecule has 35 heavy (non-hydrogen) atoms. The lowest BCUT2D eigenvalue weighted by Gasteiger charge is -2.40. The molecule has 0 unspecified atom stereocenters. The number of carbonyl (C=O) groups is 1. The first-order chi connectivity index (χ1) is 16.6. The van der Waals surface area contributed by atoms with E-state index >= 15 is 0 Å². The van der Waals surface area contributed by atoms with Crippen LogP contribution in [0.4, 0.5) is 19.0 Å². The number of nitrogens with one attached hydrogen (secondary N) is 1. The van der Waals surface area contributed by atoms with Crippen LogP contribution in [0.15, 0.2) is 41.1 Å². The third-order valence-corrected chi connectivity index (χ3v) is 6.67. The monoisotopic (exact) mass is 486 g/mol. The van der Waals surface area contributed by atoms with Gasteiger partial charge in [0.15, 0.2) is 0 Å². The molecule has 9 heteroatoms. The summed E-state index contributed by atoms with van der Waals surface area (Å²) in [7, 11) is 0. The number of halogens is 3. The molecule has 1 aliphatic heterocycles. The molecule has 1 N–H and O–H groups in total. The molecule has 0 aliphatic carbocycles. The van der Waals surface area contributed by atoms with Crippen LogP contribution < -0.4 is 5.32 Å². The second kappa shape index (κ2) is 9.71. The van der Waals surface area contributed by atoms with E-state index in [1.807, 2.05) is 43.9 Å². The van der Waals surface area contributed by atoms with Gasteiger partial charge in [0.1, 0.15) is 11.6 Å². The topological polar surface area (TPSA) is 71.3 Å². The maximum absolute atomic E-state index is 13.9. The Morgan fingerprint density at radius 1 is 1.20 bits per heavy atom. The summed E-state index contributed by atoms with van der Waals surface area (Å²) < 4.78 is 43.9. The van der Waals surface area contributed by atoms with Crippen molar-refractivity contribution in [3.8, 4) is 11.1 Å². The molecule has 2 atom stereocenters. The van der Waals surface area contributed by atoms with Crippen LogP contribution in [0.2, 0.25) is 0 Å². The first-order valence-corrected chi connectivity index (χ1v) is 11.7. The van der Waals surface area contributed by atoms with Crippen molar-refractivity contribution in [2.75, 3.05) is 18.4 Å². The Hall–Kier alpha value is -3.36. The standard InChI is InChI=1S/C26H29F3N4O2/c1-15-7-9-20(24-17(3)32-35-18(24)4)21(12-15)25(34)33-11-5-6-16(2)22(33)14-31-23-10-8-19(13-30-23)26(27,28)29/h7-10,12-13,16,22H,5-6,11,14H2,1-4H3,(H,30,31)/t16-,22-/m1/s1. The van der Waals surface area contributed by atoms with E-state index in [1.54, 1.807) is 0 Å². The smallest absolute Gasteiger partial charge is 0.368 e. The van der Waals surface area contributed by atoms with E-state index in [2.05, 4.69) is 22.4 Å². The molecule has 1 amide bonds. The van der Waals surface area contributed by atoms with Crippen LogP contribution in [0.25, 0.3) is 11.1 Å². The molecule has 2 aromatic heterocycles. The SMILES string of the molecule is Cc1ccc(-c2c(C)noc2C)c(C(=O)N2CCC[C@@H](C)[C@H]2CNc2ccc(C(F)(F)F)cn2)c1. The Morgan fingerprint density at radius 2 is 1.97 bits per heavy atom. The zero-order chi connectivity index (χ0) is 25.3. The maximum Gasteiger partial charge on any atom is 0.417 e. The summed E-state index contributed by atoms with van der Waals surface area (Å²) in [5.74, 6) is 1.12. The van der Waals surface area contributed by atoms with Crippen LogP contribution in [-0.4, -0.2) is 40.1 Å². The molecule has 1 fully saturated rings. The number of amides is 1. The number of rotatable bonds is 5. The van der Waals surface area contributed by atoms with E-state index < -0.39 is 11.7 Å². The van der Waals surface area contributed by atoms with Gasteiger partial charge < -0.3 is 14.7 Å². The van der Waals surface area contributed by atoms with Crippen molar-refractivity contribution in [1.82, 2.24) is 15.0 Å². The molecular formula is C26H29F3N4O2. The average molecular weight is 487 g/mol. The summed E-state index contributed by atoms with van der Waals surface area (Å²) in [4.78, 5) is 19.7. The van der Waals surface area contributed by atoms with Crippen LogP contribution in [-0.2, 0) is 6.18 Å². The fraction of sp³-hybridized carbons (Fsp3) is 0.423. The number of nitrogens with zero attached hydrogens (tertiary/aromatic N) is 3. The highest BCUT2D eigenvalue weighted by atomic mass is 19.4. The molecule has 4 rings (SSSR count). The van der Waals surface area contributed by atoms with Crippen molar-refractivity contribution in [3.05, 3.63) is 64.7 Å². The number of alkyl halides is 3. The lowest BCUT2D eigenvalue weighted by Crippen LogP contribution is -2.51. The van der Waals surface area contributed by atoms with E-state index in [-0.39, 0.29) is 17.9 Å². The number of benzene rings is 1. The molecule has 1 saturated heterocycles. The summed E-state index contributed by atoms with van der Waals surface area (Å²) in [6.45, 7) is 8.71. The minimum atomic E-state index is -4.43. The van der Waals surface area contributed by atoms with Gasteiger partial charge in [-0.2, -0.15) is 13.2 Å². The van der Waals surface area contributed by atoms with E-state index in [1.165, 1.54) is 6.07 Å². The third-order valence-electron chi connectivity index (χ3n) is 6.67. The number of hydrogen-bond donors (Lipinski definition) is 1. The number of pyridine rings is 1. The minimum absolute atomic E-state index is 0.0811. The van der Waals surface area contributed by atoms with E-state index in [0.717, 1.165) is 47.5 Å². The van der Waals surface area contributed by atoms with Gasteiger partial charge in [0.25, 0.3) is 5.91 Å². The zero-order valence-electron chi connectivity index (χ0n) is 20.2. The van der Waals surface area contributed by atoms with Gasteiger partial charge in [-0.3, -0.25) is 4.79 Å². The van der Waals surface area contributed by atoms with Gasteiger partial charge in [0, 0.05) is 30.4 Å². The Kier molecular flexibility index (Phi) is 6.87. The molecule has 1 aliphatic rings. The second-order valence-corrected chi connectivity index (χ2v) is 9.24. The average Bonchev–Trinajstić information content (AvgIpc) is 3.15. The first-order valence-electron chi connectivity index (χ1n) is 11.7. The molecule has 0 saturated carbocycles. The van der Waals surface area contributed by atoms with Crippen molar-refractivity contribution in [3.63, 3.8) is 0 Å². The zero-order valence-corrected chi connectivity index (χ0v) is 20.2. The van der Waals surface area contributed by atoms with Gasteiger partial charge in [-0.15, -0.1) is 0 Å². The molecule has 6 nitrogen and oxygen atoms in total. The fourth-order valence-corrected chi connectivity index (χ4v) is 4.76. The van der Waals surface area contributed by atoms with Crippen LogP contribution in [0.3, 0.4) is 0 Å². The highest BCUT2D eigenvalue weighted by Gasteiger charge is 2.34. The van der Waals surface area contributed by atoms with Gasteiger partial charge in [-0.1, -0.05) is 29.8 Å². The lowest BCUT2D eigenvalue weighted by atomic mass is 9.88. The Bertz CT molecular complexity index is 1180. The van der Waals surface area contributed by atoms with Crippen LogP contribution in [0, 0.1) is 26.7 Å². The number of piperidine rings is 1. The third kappa shape index (κ3) is 5.18.